The standard InChI is InChI=1S/C15H26N4O2S/c1-12(2)9-10-17-15(16)18-11-13-5-7-14(8-6-13)22(20,21)19(3)4/h5-8,12H,9-11H2,1-4H3,(H3,16,17,18). The average Bonchev–Trinajstić information content (AvgIpc) is 2.45. The van der Waals surface area contributed by atoms with Crippen molar-refractivity contribution < 1.29 is 8.42 Å². The molecule has 0 aliphatic heterocycles. The van der Waals surface area contributed by atoms with E-state index >= 15 is 0 Å². The number of guanidine groups is 1. The van der Waals surface area contributed by atoms with E-state index in [1.165, 1.54) is 18.4 Å². The number of sulfonamides is 1. The molecular formula is C15H26N4O2S. The summed E-state index contributed by atoms with van der Waals surface area (Å²) in [4.78, 5) is 4.51. The molecule has 22 heavy (non-hydrogen) atoms. The van der Waals surface area contributed by atoms with E-state index in [4.69, 9.17) is 5.73 Å². The predicted molar refractivity (Wildman–Crippen MR) is 90.1 cm³/mol. The van der Waals surface area contributed by atoms with Crippen LogP contribution in [-0.4, -0.2) is 39.3 Å². The summed E-state index contributed by atoms with van der Waals surface area (Å²) in [5, 5.41) is 3.06. The zero-order valence-corrected chi connectivity index (χ0v) is 14.5. The van der Waals surface area contributed by atoms with Gasteiger partial charge in [-0.1, -0.05) is 26.0 Å². The van der Waals surface area contributed by atoms with Crippen LogP contribution in [0.4, 0.5) is 0 Å². The van der Waals surface area contributed by atoms with E-state index in [9.17, 15) is 8.42 Å². The van der Waals surface area contributed by atoms with E-state index in [1.807, 2.05) is 0 Å². The van der Waals surface area contributed by atoms with Crippen LogP contribution in [0, 0.1) is 5.92 Å². The summed E-state index contributed by atoms with van der Waals surface area (Å²) in [6.45, 7) is 5.52. The third-order valence-electron chi connectivity index (χ3n) is 3.16. The second-order valence-electron chi connectivity index (χ2n) is 5.74. The Morgan fingerprint density at radius 2 is 1.86 bits per heavy atom. The molecule has 0 unspecified atom stereocenters. The van der Waals surface area contributed by atoms with Crippen molar-refractivity contribution in [2.24, 2.45) is 16.6 Å². The van der Waals surface area contributed by atoms with Crippen molar-refractivity contribution >= 4 is 16.0 Å². The molecule has 0 saturated carbocycles. The molecule has 7 heteroatoms. The third-order valence-corrected chi connectivity index (χ3v) is 4.99. The molecule has 0 heterocycles. The monoisotopic (exact) mass is 326 g/mol. The van der Waals surface area contributed by atoms with Gasteiger partial charge in [-0.3, -0.25) is 0 Å². The number of hydrogen-bond donors (Lipinski definition) is 2. The number of aliphatic imine (C=N–C) groups is 1. The van der Waals surface area contributed by atoms with E-state index in [0.29, 0.717) is 18.4 Å². The van der Waals surface area contributed by atoms with Gasteiger partial charge in [0.25, 0.3) is 0 Å². The normalized spacial score (nSPS) is 12.9. The van der Waals surface area contributed by atoms with Gasteiger partial charge in [-0.2, -0.15) is 0 Å². The van der Waals surface area contributed by atoms with E-state index in [0.717, 1.165) is 18.5 Å². The molecule has 1 aromatic carbocycles. The van der Waals surface area contributed by atoms with Gasteiger partial charge in [0.05, 0.1) is 11.4 Å². The van der Waals surface area contributed by atoms with Gasteiger partial charge in [0.15, 0.2) is 5.96 Å². The van der Waals surface area contributed by atoms with Crippen molar-refractivity contribution in [2.75, 3.05) is 20.6 Å². The number of benzene rings is 1. The van der Waals surface area contributed by atoms with Gasteiger partial charge >= 0.3 is 0 Å². The highest BCUT2D eigenvalue weighted by atomic mass is 32.2. The van der Waals surface area contributed by atoms with Gasteiger partial charge in [0.2, 0.25) is 10.0 Å². The minimum atomic E-state index is -3.38. The molecule has 3 N–H and O–H groups in total. The summed E-state index contributed by atoms with van der Waals surface area (Å²) in [7, 11) is -0.363. The van der Waals surface area contributed by atoms with E-state index in [2.05, 4.69) is 24.2 Å². The molecule has 0 saturated heterocycles. The van der Waals surface area contributed by atoms with Crippen LogP contribution in [-0.2, 0) is 16.6 Å². The molecule has 1 aromatic rings. The summed E-state index contributed by atoms with van der Waals surface area (Å²) in [5.41, 5.74) is 6.69. The molecular weight excluding hydrogens is 300 g/mol. The van der Waals surface area contributed by atoms with Crippen LogP contribution in [0.5, 0.6) is 0 Å². The van der Waals surface area contributed by atoms with Crippen molar-refractivity contribution in [3.05, 3.63) is 29.8 Å². The predicted octanol–water partition coefficient (Wildman–Crippen LogP) is 1.39. The molecule has 0 radical (unpaired) electrons. The zero-order chi connectivity index (χ0) is 16.8. The Labute approximate surface area is 133 Å². The summed E-state index contributed by atoms with van der Waals surface area (Å²) in [6, 6.07) is 6.67. The fourth-order valence-corrected chi connectivity index (χ4v) is 2.60. The van der Waals surface area contributed by atoms with Crippen LogP contribution in [0.2, 0.25) is 0 Å². The quantitative estimate of drug-likeness (QED) is 0.585. The SMILES string of the molecule is CC(C)CCNC(N)=NCc1ccc(S(=O)(=O)N(C)C)cc1. The Bertz CT molecular complexity index is 592. The lowest BCUT2D eigenvalue weighted by Crippen LogP contribution is -2.32. The van der Waals surface area contributed by atoms with Gasteiger partial charge in [-0.05, 0) is 30.0 Å². The fraction of sp³-hybridized carbons (Fsp3) is 0.533. The topological polar surface area (TPSA) is 87.8 Å². The molecule has 124 valence electrons. The van der Waals surface area contributed by atoms with Gasteiger partial charge < -0.3 is 11.1 Å². The largest absolute Gasteiger partial charge is 0.370 e. The fourth-order valence-electron chi connectivity index (χ4n) is 1.70. The number of nitrogens with two attached hydrogens (primary N) is 1. The maximum atomic E-state index is 12.0. The summed E-state index contributed by atoms with van der Waals surface area (Å²) >= 11 is 0. The molecule has 0 aromatic heterocycles. The van der Waals surface area contributed by atoms with Gasteiger partial charge in [-0.15, -0.1) is 0 Å². The smallest absolute Gasteiger partial charge is 0.242 e. The number of hydrogen-bond acceptors (Lipinski definition) is 3. The molecule has 0 bridgehead atoms. The second kappa shape index (κ2) is 8.14. The number of nitrogens with zero attached hydrogens (tertiary/aromatic N) is 2. The highest BCUT2D eigenvalue weighted by Crippen LogP contribution is 2.14. The highest BCUT2D eigenvalue weighted by Gasteiger charge is 2.16. The third kappa shape index (κ3) is 5.65. The lowest BCUT2D eigenvalue weighted by molar-refractivity contribution is 0.520. The van der Waals surface area contributed by atoms with Crippen LogP contribution in [0.3, 0.4) is 0 Å². The average molecular weight is 326 g/mol. The first-order valence-electron chi connectivity index (χ1n) is 7.28. The van der Waals surface area contributed by atoms with Gasteiger partial charge in [0, 0.05) is 20.6 Å². The Balaban J connectivity index is 2.61. The van der Waals surface area contributed by atoms with Crippen molar-refractivity contribution in [2.45, 2.75) is 31.7 Å². The first kappa shape index (κ1) is 18.4. The molecule has 1 rings (SSSR count). The van der Waals surface area contributed by atoms with Crippen molar-refractivity contribution in [3.8, 4) is 0 Å². The summed E-state index contributed by atoms with van der Waals surface area (Å²) in [6.07, 6.45) is 1.04. The number of rotatable bonds is 7. The summed E-state index contributed by atoms with van der Waals surface area (Å²) < 4.78 is 25.1. The minimum absolute atomic E-state index is 0.272. The first-order chi connectivity index (χ1) is 10.2. The summed E-state index contributed by atoms with van der Waals surface area (Å²) in [5.74, 6) is 1.03. The molecule has 0 amide bonds. The second-order valence-corrected chi connectivity index (χ2v) is 7.89. The number of nitrogens with one attached hydrogen (secondary N) is 1. The molecule has 0 aliphatic carbocycles. The lowest BCUT2D eigenvalue weighted by atomic mass is 10.1. The zero-order valence-electron chi connectivity index (χ0n) is 13.7. The van der Waals surface area contributed by atoms with Crippen LogP contribution < -0.4 is 11.1 Å². The van der Waals surface area contributed by atoms with E-state index in [-0.39, 0.29) is 4.90 Å². The van der Waals surface area contributed by atoms with Crippen molar-refractivity contribution in [1.82, 2.24) is 9.62 Å². The molecule has 0 aliphatic rings. The Hall–Kier alpha value is -1.60. The molecule has 0 spiro atoms. The first-order valence-corrected chi connectivity index (χ1v) is 8.72. The van der Waals surface area contributed by atoms with Gasteiger partial charge in [0.1, 0.15) is 0 Å². The van der Waals surface area contributed by atoms with Crippen molar-refractivity contribution in [3.63, 3.8) is 0 Å². The van der Waals surface area contributed by atoms with Gasteiger partial charge in [-0.25, -0.2) is 17.7 Å². The maximum Gasteiger partial charge on any atom is 0.242 e. The molecule has 6 nitrogen and oxygen atoms in total. The lowest BCUT2D eigenvalue weighted by Gasteiger charge is -2.11. The minimum Gasteiger partial charge on any atom is -0.370 e. The Kier molecular flexibility index (Phi) is 6.83. The van der Waals surface area contributed by atoms with E-state index < -0.39 is 10.0 Å². The van der Waals surface area contributed by atoms with Crippen LogP contribution >= 0.6 is 0 Å². The molecule has 0 atom stereocenters. The maximum absolute atomic E-state index is 12.0. The van der Waals surface area contributed by atoms with Crippen LogP contribution in [0.15, 0.2) is 34.2 Å². The Morgan fingerprint density at radius 1 is 1.27 bits per heavy atom. The molecule has 0 fully saturated rings. The Morgan fingerprint density at radius 3 is 2.36 bits per heavy atom. The van der Waals surface area contributed by atoms with E-state index in [1.54, 1.807) is 24.3 Å². The highest BCUT2D eigenvalue weighted by molar-refractivity contribution is 7.89. The van der Waals surface area contributed by atoms with Crippen molar-refractivity contribution in [1.29, 1.82) is 0 Å². The van der Waals surface area contributed by atoms with Crippen LogP contribution in [0.25, 0.3) is 0 Å². The van der Waals surface area contributed by atoms with Crippen LogP contribution in [0.1, 0.15) is 25.8 Å².